The van der Waals surface area contributed by atoms with Crippen LogP contribution in [0.1, 0.15) is 6.42 Å². The molecule has 0 spiro atoms. The van der Waals surface area contributed by atoms with Crippen molar-refractivity contribution in [1.82, 2.24) is 0 Å². The molecule has 0 rings (SSSR count). The van der Waals surface area contributed by atoms with Crippen LogP contribution in [0, 0.1) is 0 Å². The van der Waals surface area contributed by atoms with Gasteiger partial charge in [-0.05, 0) is 0 Å². The van der Waals surface area contributed by atoms with Gasteiger partial charge >= 0.3 is 24.6 Å². The third-order valence-corrected chi connectivity index (χ3v) is 1.31. The monoisotopic (exact) mass is 284 g/mol. The maximum absolute atomic E-state index is 10.2. The van der Waals surface area contributed by atoms with Crippen LogP contribution >= 0.6 is 0 Å². The molecule has 19 heavy (non-hydrogen) atoms. The molecule has 0 aromatic carbocycles. The van der Waals surface area contributed by atoms with Crippen molar-refractivity contribution in [2.75, 3.05) is 0 Å². The van der Waals surface area contributed by atoms with Gasteiger partial charge in [0.1, 0.15) is 0 Å². The number of carbonyl (C=O) groups is 4. The normalized spacial score (nSPS) is 9.79. The Balaban J connectivity index is 4.68. The summed E-state index contributed by atoms with van der Waals surface area (Å²) in [7, 11) is 0. The highest BCUT2D eigenvalue weighted by molar-refractivity contribution is 5.60. The molecule has 0 saturated heterocycles. The Hall–Kier alpha value is -2.92. The Bertz CT molecular complexity index is 295. The van der Waals surface area contributed by atoms with Gasteiger partial charge in [0, 0.05) is 0 Å². The largest absolute Gasteiger partial charge is 0.508 e. The first kappa shape index (κ1) is 16.1. The molecule has 0 heterocycles. The van der Waals surface area contributed by atoms with E-state index in [0.29, 0.717) is 0 Å². The first-order valence-electron chi connectivity index (χ1n) is 4.29. The van der Waals surface area contributed by atoms with Crippen molar-refractivity contribution in [2.24, 2.45) is 0 Å². The lowest BCUT2D eigenvalue weighted by molar-refractivity contribution is -0.156. The van der Waals surface area contributed by atoms with Gasteiger partial charge < -0.3 is 39.4 Å². The second-order valence-electron chi connectivity index (χ2n) is 2.63. The van der Waals surface area contributed by atoms with E-state index in [1.807, 2.05) is 0 Å². The van der Waals surface area contributed by atoms with Gasteiger partial charge in [-0.2, -0.15) is 0 Å². The van der Waals surface area contributed by atoms with Crippen molar-refractivity contribution in [2.45, 2.75) is 19.0 Å². The number of hydrogen-bond acceptors (Lipinski definition) is 8. The number of hydrogen-bond donors (Lipinski definition) is 4. The maximum atomic E-state index is 10.2. The van der Waals surface area contributed by atoms with Gasteiger partial charge in [-0.15, -0.1) is 0 Å². The third kappa shape index (κ3) is 8.84. The van der Waals surface area contributed by atoms with Gasteiger partial charge in [0.2, 0.25) is 0 Å². The number of rotatable bonds is 6. The highest BCUT2D eigenvalue weighted by Crippen LogP contribution is 2.11. The van der Waals surface area contributed by atoms with E-state index in [9.17, 15) is 19.2 Å². The molecule has 12 heteroatoms. The Kier molecular flexibility index (Phi) is 6.27. The number of ether oxygens (including phenoxy) is 4. The van der Waals surface area contributed by atoms with Crippen LogP contribution in [-0.4, -0.2) is 57.6 Å². The molecule has 0 aliphatic heterocycles. The van der Waals surface area contributed by atoms with E-state index in [1.54, 1.807) is 0 Å². The second kappa shape index (κ2) is 7.41. The molecule has 0 saturated carbocycles. The summed E-state index contributed by atoms with van der Waals surface area (Å²) in [5.41, 5.74) is 0. The average molecular weight is 284 g/mol. The van der Waals surface area contributed by atoms with Crippen molar-refractivity contribution >= 4 is 24.6 Å². The molecule has 0 atom stereocenters. The summed E-state index contributed by atoms with van der Waals surface area (Å²) in [6.07, 6.45) is -12.7. The Morgan fingerprint density at radius 1 is 0.632 bits per heavy atom. The third-order valence-electron chi connectivity index (χ3n) is 1.31. The molecule has 0 aliphatic carbocycles. The van der Waals surface area contributed by atoms with Crippen molar-refractivity contribution in [3.8, 4) is 0 Å². The van der Waals surface area contributed by atoms with Crippen LogP contribution in [0.15, 0.2) is 0 Å². The fraction of sp³-hybridized carbons (Fsp3) is 0.429. The smallest absolute Gasteiger partial charge is 0.450 e. The van der Waals surface area contributed by atoms with E-state index in [4.69, 9.17) is 20.4 Å². The molecule has 0 bridgehead atoms. The fourth-order valence-corrected chi connectivity index (χ4v) is 0.847. The molecule has 0 aromatic heterocycles. The van der Waals surface area contributed by atoms with E-state index in [2.05, 4.69) is 18.9 Å². The average Bonchev–Trinajstić information content (AvgIpc) is 2.11. The van der Waals surface area contributed by atoms with Gasteiger partial charge in [-0.3, -0.25) is 0 Å². The summed E-state index contributed by atoms with van der Waals surface area (Å²) >= 11 is 0. The minimum absolute atomic E-state index is 0.947. The first-order chi connectivity index (χ1) is 8.70. The molecular weight excluding hydrogens is 276 g/mol. The SMILES string of the molecule is O=C(O)OC(CC(OC(=O)O)OC(=O)O)OC(=O)O. The Labute approximate surface area is 103 Å². The van der Waals surface area contributed by atoms with Crippen molar-refractivity contribution in [1.29, 1.82) is 0 Å². The van der Waals surface area contributed by atoms with Crippen LogP contribution in [0.5, 0.6) is 0 Å². The maximum Gasteiger partial charge on any atom is 0.508 e. The predicted octanol–water partition coefficient (Wildman–Crippen LogP) is 0.807. The molecule has 4 N–H and O–H groups in total. The summed E-state index contributed by atoms with van der Waals surface area (Å²) in [6.45, 7) is 0. The molecule has 108 valence electrons. The lowest BCUT2D eigenvalue weighted by Crippen LogP contribution is -2.32. The first-order valence-corrected chi connectivity index (χ1v) is 4.29. The zero-order valence-corrected chi connectivity index (χ0v) is 8.92. The quantitative estimate of drug-likeness (QED) is 0.397. The van der Waals surface area contributed by atoms with E-state index < -0.39 is 43.6 Å². The summed E-state index contributed by atoms with van der Waals surface area (Å²) in [5, 5.41) is 33.1. The molecule has 0 radical (unpaired) electrons. The van der Waals surface area contributed by atoms with Crippen LogP contribution in [0.4, 0.5) is 19.2 Å². The summed E-state index contributed by atoms with van der Waals surface area (Å²) in [5.74, 6) is 0. The fourth-order valence-electron chi connectivity index (χ4n) is 0.847. The summed E-state index contributed by atoms with van der Waals surface area (Å²) in [6, 6.07) is 0. The summed E-state index contributed by atoms with van der Waals surface area (Å²) in [4.78, 5) is 40.8. The summed E-state index contributed by atoms with van der Waals surface area (Å²) < 4.78 is 15.7. The van der Waals surface area contributed by atoms with Crippen LogP contribution < -0.4 is 0 Å². The van der Waals surface area contributed by atoms with Gasteiger partial charge in [-0.25, -0.2) is 19.2 Å². The molecule has 0 unspecified atom stereocenters. The lowest BCUT2D eigenvalue weighted by atomic mass is 10.4. The van der Waals surface area contributed by atoms with Gasteiger partial charge in [0.15, 0.2) is 0 Å². The molecule has 0 aliphatic rings. The minimum Gasteiger partial charge on any atom is -0.450 e. The van der Waals surface area contributed by atoms with Crippen LogP contribution in [0.25, 0.3) is 0 Å². The van der Waals surface area contributed by atoms with Crippen molar-refractivity contribution in [3.63, 3.8) is 0 Å². The van der Waals surface area contributed by atoms with Gasteiger partial charge in [-0.1, -0.05) is 0 Å². The molecule has 0 fully saturated rings. The van der Waals surface area contributed by atoms with E-state index in [1.165, 1.54) is 0 Å². The Morgan fingerprint density at radius 3 is 1.00 bits per heavy atom. The van der Waals surface area contributed by atoms with E-state index >= 15 is 0 Å². The molecule has 0 aromatic rings. The molecule has 12 nitrogen and oxygen atoms in total. The molecular formula is C7H8O12. The van der Waals surface area contributed by atoms with Crippen LogP contribution in [0.2, 0.25) is 0 Å². The highest BCUT2D eigenvalue weighted by atomic mass is 16.8. The standard InChI is InChI=1S/C7H8O12/c8-4(9)16-2(17-5(10)11)1-3(18-6(12)13)19-7(14)15/h2-3H,1H2,(H,8,9)(H,10,11)(H,12,13)(H,14,15). The highest BCUT2D eigenvalue weighted by Gasteiger charge is 2.28. The predicted molar refractivity (Wildman–Crippen MR) is 48.6 cm³/mol. The second-order valence-corrected chi connectivity index (χ2v) is 2.63. The Morgan fingerprint density at radius 2 is 0.842 bits per heavy atom. The van der Waals surface area contributed by atoms with Gasteiger partial charge in [0.05, 0.1) is 6.42 Å². The van der Waals surface area contributed by atoms with Crippen LogP contribution in [-0.2, 0) is 18.9 Å². The van der Waals surface area contributed by atoms with E-state index in [0.717, 1.165) is 0 Å². The van der Waals surface area contributed by atoms with Crippen LogP contribution in [0.3, 0.4) is 0 Å². The zero-order valence-electron chi connectivity index (χ0n) is 8.92. The minimum atomic E-state index is -2.03. The topological polar surface area (TPSA) is 186 Å². The lowest BCUT2D eigenvalue weighted by Gasteiger charge is -2.19. The molecule has 0 amide bonds. The van der Waals surface area contributed by atoms with Crippen molar-refractivity contribution < 1.29 is 58.6 Å². The zero-order chi connectivity index (χ0) is 15.0. The number of carboxylic acid groups (broad SMARTS) is 4. The van der Waals surface area contributed by atoms with Gasteiger partial charge in [0.25, 0.3) is 12.6 Å². The van der Waals surface area contributed by atoms with Crippen molar-refractivity contribution in [3.05, 3.63) is 0 Å². The van der Waals surface area contributed by atoms with E-state index in [-0.39, 0.29) is 0 Å².